The fourth-order valence-corrected chi connectivity index (χ4v) is 6.40. The van der Waals surface area contributed by atoms with E-state index in [2.05, 4.69) is 74.9 Å². The van der Waals surface area contributed by atoms with Gasteiger partial charge < -0.3 is 14.2 Å². The van der Waals surface area contributed by atoms with E-state index in [4.69, 9.17) is 37.9 Å². The Morgan fingerprint density at radius 1 is 0.410 bits per heavy atom. The molecular formula is C70H72Cl2F7NO3. The van der Waals surface area contributed by atoms with Crippen molar-refractivity contribution in [3.05, 3.63) is 301 Å². The first kappa shape index (κ1) is 71.1. The van der Waals surface area contributed by atoms with Crippen LogP contribution in [0, 0.1) is 110 Å². The third-order valence-electron chi connectivity index (χ3n) is 11.1. The average molecular weight is 1180 g/mol. The van der Waals surface area contributed by atoms with E-state index in [0.29, 0.717) is 22.3 Å². The van der Waals surface area contributed by atoms with Gasteiger partial charge in [0, 0.05) is 16.1 Å². The van der Waals surface area contributed by atoms with Crippen molar-refractivity contribution in [3.8, 4) is 23.3 Å². The molecule has 1 saturated carbocycles. The quantitative estimate of drug-likeness (QED) is 0.161. The third-order valence-corrected chi connectivity index (χ3v) is 11.5. The lowest BCUT2D eigenvalue weighted by Gasteiger charge is -2.02. The lowest BCUT2D eigenvalue weighted by Crippen LogP contribution is -2.01. The Labute approximate surface area is 496 Å². The Balaban J connectivity index is 0.000000319. The molecule has 438 valence electrons. The van der Waals surface area contributed by atoms with Crippen molar-refractivity contribution < 1.29 is 44.9 Å². The van der Waals surface area contributed by atoms with Crippen molar-refractivity contribution in [3.63, 3.8) is 0 Å². The Kier molecular flexibility index (Phi) is 33.7. The number of nitriles is 1. The number of hydrogen-bond acceptors (Lipinski definition) is 4. The number of halogens is 9. The van der Waals surface area contributed by atoms with E-state index in [1.807, 2.05) is 106 Å². The first-order chi connectivity index (χ1) is 39.3. The van der Waals surface area contributed by atoms with E-state index in [1.54, 1.807) is 52.1 Å². The zero-order chi connectivity index (χ0) is 61.9. The average Bonchev–Trinajstić information content (AvgIpc) is 4.29. The monoisotopic (exact) mass is 1180 g/mol. The molecule has 10 rings (SSSR count). The summed E-state index contributed by atoms with van der Waals surface area (Å²) in [6, 6.07) is 60.4. The number of aryl methyl sites for hydroxylation is 10. The second-order valence-corrected chi connectivity index (χ2v) is 19.8. The summed E-state index contributed by atoms with van der Waals surface area (Å²) >= 11 is 11.1. The summed E-state index contributed by atoms with van der Waals surface area (Å²) in [7, 11) is 1.67. The van der Waals surface area contributed by atoms with Gasteiger partial charge in [-0.2, -0.15) is 14.0 Å². The second kappa shape index (κ2) is 39.4. The molecule has 4 nitrogen and oxygen atoms in total. The first-order valence-electron chi connectivity index (χ1n) is 26.2. The van der Waals surface area contributed by atoms with Crippen molar-refractivity contribution in [2.45, 2.75) is 94.8 Å². The number of nitrogens with zero attached hydrogens (tertiary/aromatic N) is 1. The zero-order valence-corrected chi connectivity index (χ0v) is 50.2. The number of alkyl halides is 2. The molecule has 83 heavy (non-hydrogen) atoms. The summed E-state index contributed by atoms with van der Waals surface area (Å²) in [4.78, 5) is 0. The molecule has 0 bridgehead atoms. The topological polar surface area (TPSA) is 51.5 Å². The molecule has 0 amide bonds. The van der Waals surface area contributed by atoms with Crippen LogP contribution >= 0.6 is 23.2 Å². The summed E-state index contributed by atoms with van der Waals surface area (Å²) in [5.41, 5.74) is 11.2. The minimum absolute atomic E-state index is 0.200. The van der Waals surface area contributed by atoms with Crippen LogP contribution in [0.15, 0.2) is 200 Å². The summed E-state index contributed by atoms with van der Waals surface area (Å²) in [5, 5.41) is 9.63. The second-order valence-electron chi connectivity index (χ2n) is 19.0. The molecule has 9 aromatic carbocycles. The third kappa shape index (κ3) is 34.1. The predicted octanol–water partition coefficient (Wildman–Crippen LogP) is 21.3. The lowest BCUT2D eigenvalue weighted by atomic mass is 10.2. The molecule has 0 atom stereocenters. The number of methoxy groups -OCH3 is 1. The maximum atomic E-state index is 12.5. The van der Waals surface area contributed by atoms with Gasteiger partial charge >= 0.3 is 6.61 Å². The van der Waals surface area contributed by atoms with Gasteiger partial charge in [0.05, 0.1) is 24.8 Å². The van der Waals surface area contributed by atoms with Crippen LogP contribution in [0.2, 0.25) is 10.0 Å². The lowest BCUT2D eigenvalue weighted by molar-refractivity contribution is -0.0498. The fraction of sp³-hybridized carbons (Fsp3) is 0.214. The van der Waals surface area contributed by atoms with Gasteiger partial charge in [0.2, 0.25) is 0 Å². The standard InChI is InChI=1S/C10H12O.C8H8F2O.C8H7N.C8H10O.C8H10.C7H6ClF.C7H7Cl.2C7H6F2/c1-8-2-4-9(5-3-8)11-10-6-7-10;1-6-2-4-7(5-3-6)11-8(9)10;1-7-2-4-8(6-9)5-3-7;1-7-3-5-8(9-2)6-4-7;1-7-3-5-8(2)6-4-7;1-5-2-3-6(8)4-7(5)9;1-6-3-2-4-7(8)5-6;1-5-2-3-6(8)4-7(5)9;1-5-2-3-6(8)7(9)4-5/h2-5,10H,6-7H2,1H3;2-5,8H,1H3;2-5H,1H3;3-6H,1-2H3;3-6H,1-2H3;2-4H,1H3;2-5H,1H3;2*2-4H,1H3. The first-order valence-corrected chi connectivity index (χ1v) is 26.9. The molecule has 0 N–H and O–H groups in total. The van der Waals surface area contributed by atoms with Crippen LogP contribution in [-0.4, -0.2) is 19.8 Å². The molecule has 0 aliphatic heterocycles. The minimum Gasteiger partial charge on any atom is -0.497 e. The molecule has 13 heteroatoms. The summed E-state index contributed by atoms with van der Waals surface area (Å²) in [6.45, 7) is 16.5. The summed E-state index contributed by atoms with van der Waals surface area (Å²) in [6.07, 6.45) is 2.97. The van der Waals surface area contributed by atoms with Gasteiger partial charge in [-0.25, -0.2) is 22.0 Å². The van der Waals surface area contributed by atoms with Crippen LogP contribution in [0.3, 0.4) is 0 Å². The van der Waals surface area contributed by atoms with E-state index in [9.17, 15) is 30.7 Å². The van der Waals surface area contributed by atoms with Gasteiger partial charge in [-0.3, -0.25) is 0 Å². The number of hydrogen-bond donors (Lipinski definition) is 0. The van der Waals surface area contributed by atoms with E-state index in [1.165, 1.54) is 82.6 Å². The van der Waals surface area contributed by atoms with E-state index in [-0.39, 0.29) is 11.6 Å². The Bertz CT molecular complexity index is 3080. The molecule has 0 spiro atoms. The maximum Gasteiger partial charge on any atom is 0.387 e. The van der Waals surface area contributed by atoms with Gasteiger partial charge in [-0.05, 0) is 195 Å². The Morgan fingerprint density at radius 2 is 0.807 bits per heavy atom. The molecular weight excluding hydrogens is 1110 g/mol. The molecule has 0 radical (unpaired) electrons. The zero-order valence-electron chi connectivity index (χ0n) is 48.7. The Hall–Kier alpha value is -8.04. The number of rotatable bonds is 5. The van der Waals surface area contributed by atoms with Gasteiger partial charge in [0.15, 0.2) is 11.6 Å². The van der Waals surface area contributed by atoms with Crippen molar-refractivity contribution in [2.75, 3.05) is 7.11 Å². The summed E-state index contributed by atoms with van der Waals surface area (Å²) < 4.78 is 99.2. The minimum atomic E-state index is -2.74. The van der Waals surface area contributed by atoms with Gasteiger partial charge in [0.25, 0.3) is 0 Å². The van der Waals surface area contributed by atoms with Gasteiger partial charge in [-0.15, -0.1) is 0 Å². The van der Waals surface area contributed by atoms with Gasteiger partial charge in [0.1, 0.15) is 34.7 Å². The molecule has 0 aromatic heterocycles. The van der Waals surface area contributed by atoms with E-state index >= 15 is 0 Å². The molecule has 9 aromatic rings. The van der Waals surface area contributed by atoms with Crippen LogP contribution in [0.25, 0.3) is 0 Å². The highest BCUT2D eigenvalue weighted by molar-refractivity contribution is 6.30. The number of benzene rings is 9. The van der Waals surface area contributed by atoms with Crippen molar-refractivity contribution in [1.29, 1.82) is 5.26 Å². The Morgan fingerprint density at radius 3 is 1.16 bits per heavy atom. The summed E-state index contributed by atoms with van der Waals surface area (Å²) in [5.74, 6) is -0.712. The molecule has 0 unspecified atom stereocenters. The SMILES string of the molecule is COc1ccc(C)cc1.Cc1ccc(C#N)cc1.Cc1ccc(C)cc1.Cc1ccc(Cl)cc1F.Cc1ccc(F)c(F)c1.Cc1ccc(F)cc1F.Cc1ccc(OC(F)F)cc1.Cc1ccc(OC2CC2)cc1.Cc1cccc(Cl)c1. The normalized spacial score (nSPS) is 10.4. The molecule has 0 saturated heterocycles. The van der Waals surface area contributed by atoms with Crippen molar-refractivity contribution in [2.24, 2.45) is 0 Å². The van der Waals surface area contributed by atoms with Crippen molar-refractivity contribution in [1.82, 2.24) is 0 Å². The molecule has 1 aliphatic rings. The van der Waals surface area contributed by atoms with Crippen LogP contribution in [0.5, 0.6) is 17.2 Å². The van der Waals surface area contributed by atoms with Crippen LogP contribution in [0.1, 0.15) is 74.0 Å². The molecule has 0 heterocycles. The van der Waals surface area contributed by atoms with Crippen molar-refractivity contribution >= 4 is 23.2 Å². The molecule has 1 aliphatic carbocycles. The highest BCUT2D eigenvalue weighted by Gasteiger charge is 2.23. The van der Waals surface area contributed by atoms with E-state index < -0.39 is 29.9 Å². The van der Waals surface area contributed by atoms with Crippen LogP contribution in [0.4, 0.5) is 30.7 Å². The fourth-order valence-electron chi connectivity index (χ4n) is 6.00. The molecule has 1 fully saturated rings. The predicted molar refractivity (Wildman–Crippen MR) is 327 cm³/mol. The van der Waals surface area contributed by atoms with Crippen LogP contribution in [-0.2, 0) is 0 Å². The number of ether oxygens (including phenoxy) is 3. The smallest absolute Gasteiger partial charge is 0.387 e. The van der Waals surface area contributed by atoms with E-state index in [0.717, 1.165) is 51.4 Å². The van der Waals surface area contributed by atoms with Gasteiger partial charge in [-0.1, -0.05) is 160 Å². The largest absolute Gasteiger partial charge is 0.497 e. The van der Waals surface area contributed by atoms with Crippen LogP contribution < -0.4 is 14.2 Å². The maximum absolute atomic E-state index is 12.5. The highest BCUT2D eigenvalue weighted by Crippen LogP contribution is 2.26. The highest BCUT2D eigenvalue weighted by atomic mass is 35.5.